The third kappa shape index (κ3) is 2.46. The van der Waals surface area contributed by atoms with Crippen LogP contribution in [0.5, 0.6) is 0 Å². The summed E-state index contributed by atoms with van der Waals surface area (Å²) in [5.74, 6) is 0.684. The Morgan fingerprint density at radius 2 is 2.25 bits per heavy atom. The van der Waals surface area contributed by atoms with E-state index in [0.717, 1.165) is 5.56 Å². The van der Waals surface area contributed by atoms with Crippen molar-refractivity contribution in [2.45, 2.75) is 6.54 Å². The van der Waals surface area contributed by atoms with Gasteiger partial charge in [-0.05, 0) is 11.6 Å². The van der Waals surface area contributed by atoms with E-state index in [2.05, 4.69) is 20.3 Å². The van der Waals surface area contributed by atoms with Crippen LogP contribution < -0.4 is 4.90 Å². The van der Waals surface area contributed by atoms with E-state index in [9.17, 15) is 0 Å². The van der Waals surface area contributed by atoms with E-state index >= 15 is 0 Å². The Hall–Kier alpha value is -1.69. The summed E-state index contributed by atoms with van der Waals surface area (Å²) < 4.78 is 1.76. The van der Waals surface area contributed by atoms with E-state index in [4.69, 9.17) is 11.6 Å². The molecule has 16 heavy (non-hydrogen) atoms. The summed E-state index contributed by atoms with van der Waals surface area (Å²) >= 11 is 5.67. The molecule has 0 atom stereocenters. The molecular weight excluding hydrogens is 228 g/mol. The first-order valence-electron chi connectivity index (χ1n) is 4.69. The van der Waals surface area contributed by atoms with Gasteiger partial charge in [-0.25, -0.2) is 0 Å². The van der Waals surface area contributed by atoms with Crippen molar-refractivity contribution in [3.05, 3.63) is 29.4 Å². The Morgan fingerprint density at radius 3 is 2.88 bits per heavy atom. The number of aryl methyl sites for hydroxylation is 1. The molecule has 0 saturated heterocycles. The molecule has 0 amide bonds. The molecule has 2 aromatic heterocycles. The van der Waals surface area contributed by atoms with Gasteiger partial charge < -0.3 is 4.90 Å². The Morgan fingerprint density at radius 1 is 1.44 bits per heavy atom. The molecule has 2 rings (SSSR count). The van der Waals surface area contributed by atoms with Crippen molar-refractivity contribution in [1.29, 1.82) is 0 Å². The number of hydrogen-bond acceptors (Lipinski definition) is 5. The zero-order valence-corrected chi connectivity index (χ0v) is 9.76. The van der Waals surface area contributed by atoms with Crippen molar-refractivity contribution in [2.24, 2.45) is 7.05 Å². The molecule has 0 bridgehead atoms. The largest absolute Gasteiger partial charge is 0.354 e. The van der Waals surface area contributed by atoms with Crippen LogP contribution in [0.15, 0.2) is 18.6 Å². The molecule has 0 fully saturated rings. The minimum Gasteiger partial charge on any atom is -0.354 e. The third-order valence-electron chi connectivity index (χ3n) is 2.09. The van der Waals surface area contributed by atoms with Crippen molar-refractivity contribution in [1.82, 2.24) is 25.0 Å². The maximum Gasteiger partial charge on any atom is 0.244 e. The molecule has 0 spiro atoms. The Balaban J connectivity index is 2.11. The first kappa shape index (κ1) is 10.8. The fourth-order valence-corrected chi connectivity index (χ4v) is 1.50. The molecule has 7 heteroatoms. The van der Waals surface area contributed by atoms with Crippen molar-refractivity contribution in [3.63, 3.8) is 0 Å². The highest BCUT2D eigenvalue weighted by Gasteiger charge is 2.06. The van der Waals surface area contributed by atoms with Gasteiger partial charge in [0.15, 0.2) is 5.82 Å². The number of aromatic nitrogens is 5. The van der Waals surface area contributed by atoms with Crippen LogP contribution in [0.4, 0.5) is 5.82 Å². The summed E-state index contributed by atoms with van der Waals surface area (Å²) in [7, 11) is 3.79. The van der Waals surface area contributed by atoms with Gasteiger partial charge in [0, 0.05) is 32.4 Å². The average molecular weight is 239 g/mol. The SMILES string of the molecule is CN(Cc1cnn(C)c1)c1cnnc(Cl)n1. The smallest absolute Gasteiger partial charge is 0.244 e. The van der Waals surface area contributed by atoms with Crippen LogP contribution >= 0.6 is 11.6 Å². The van der Waals surface area contributed by atoms with Gasteiger partial charge in [0.2, 0.25) is 5.28 Å². The number of nitrogens with zero attached hydrogens (tertiary/aromatic N) is 6. The van der Waals surface area contributed by atoms with Gasteiger partial charge in [0.1, 0.15) is 0 Å². The molecule has 0 aliphatic heterocycles. The summed E-state index contributed by atoms with van der Waals surface area (Å²) in [6.45, 7) is 0.697. The lowest BCUT2D eigenvalue weighted by atomic mass is 10.3. The summed E-state index contributed by atoms with van der Waals surface area (Å²) in [5, 5.41) is 11.6. The maximum absolute atomic E-state index is 5.67. The summed E-state index contributed by atoms with van der Waals surface area (Å²) in [6, 6.07) is 0. The van der Waals surface area contributed by atoms with E-state index in [1.165, 1.54) is 0 Å². The zero-order valence-electron chi connectivity index (χ0n) is 9.00. The molecule has 2 heterocycles. The zero-order chi connectivity index (χ0) is 11.5. The lowest BCUT2D eigenvalue weighted by Crippen LogP contribution is -2.17. The van der Waals surface area contributed by atoms with Crippen molar-refractivity contribution in [3.8, 4) is 0 Å². The maximum atomic E-state index is 5.67. The normalized spacial score (nSPS) is 10.4. The van der Waals surface area contributed by atoms with Gasteiger partial charge in [0.05, 0.1) is 12.4 Å². The van der Waals surface area contributed by atoms with E-state index < -0.39 is 0 Å². The second kappa shape index (κ2) is 4.44. The van der Waals surface area contributed by atoms with E-state index in [0.29, 0.717) is 12.4 Å². The van der Waals surface area contributed by atoms with Gasteiger partial charge in [0.25, 0.3) is 0 Å². The van der Waals surface area contributed by atoms with Crippen molar-refractivity contribution >= 4 is 17.4 Å². The monoisotopic (exact) mass is 238 g/mol. The summed E-state index contributed by atoms with van der Waals surface area (Å²) in [4.78, 5) is 5.99. The van der Waals surface area contributed by atoms with Crippen LogP contribution in [0.1, 0.15) is 5.56 Å². The Kier molecular flexibility index (Phi) is 3.00. The van der Waals surface area contributed by atoms with Crippen LogP contribution in [0.2, 0.25) is 5.28 Å². The topological polar surface area (TPSA) is 59.7 Å². The minimum absolute atomic E-state index is 0.149. The van der Waals surface area contributed by atoms with Crippen LogP contribution in [-0.2, 0) is 13.6 Å². The second-order valence-corrected chi connectivity index (χ2v) is 3.80. The third-order valence-corrected chi connectivity index (χ3v) is 2.25. The minimum atomic E-state index is 0.149. The van der Waals surface area contributed by atoms with Gasteiger partial charge in [-0.1, -0.05) is 0 Å². The lowest BCUT2D eigenvalue weighted by molar-refractivity contribution is 0.766. The standard InChI is InChI=1S/C9H11ClN6/c1-15(5-7-3-12-16(2)6-7)8-4-11-14-9(10)13-8/h3-4,6H,5H2,1-2H3. The van der Waals surface area contributed by atoms with E-state index in [-0.39, 0.29) is 5.28 Å². The van der Waals surface area contributed by atoms with Crippen LogP contribution in [-0.4, -0.2) is 32.0 Å². The van der Waals surface area contributed by atoms with Gasteiger partial charge in [-0.3, -0.25) is 4.68 Å². The predicted molar refractivity (Wildman–Crippen MR) is 60.2 cm³/mol. The molecule has 2 aromatic rings. The second-order valence-electron chi connectivity index (χ2n) is 3.46. The highest BCUT2D eigenvalue weighted by Crippen LogP contribution is 2.12. The fourth-order valence-electron chi connectivity index (χ4n) is 1.37. The van der Waals surface area contributed by atoms with Crippen molar-refractivity contribution in [2.75, 3.05) is 11.9 Å². The highest BCUT2D eigenvalue weighted by atomic mass is 35.5. The Labute approximate surface area is 97.9 Å². The fraction of sp³-hybridized carbons (Fsp3) is 0.333. The molecule has 84 valence electrons. The average Bonchev–Trinajstić information content (AvgIpc) is 2.64. The molecule has 0 N–H and O–H groups in total. The molecule has 0 unspecified atom stereocenters. The highest BCUT2D eigenvalue weighted by molar-refractivity contribution is 6.28. The van der Waals surface area contributed by atoms with E-state index in [1.54, 1.807) is 10.9 Å². The summed E-state index contributed by atoms with van der Waals surface area (Å²) in [6.07, 6.45) is 5.34. The van der Waals surface area contributed by atoms with Crippen LogP contribution in [0.3, 0.4) is 0 Å². The molecule has 0 aliphatic rings. The predicted octanol–water partition coefficient (Wildman–Crippen LogP) is 0.895. The molecule has 6 nitrogen and oxygen atoms in total. The van der Waals surface area contributed by atoms with Gasteiger partial charge >= 0.3 is 0 Å². The van der Waals surface area contributed by atoms with E-state index in [1.807, 2.05) is 31.4 Å². The van der Waals surface area contributed by atoms with Crippen LogP contribution in [0, 0.1) is 0 Å². The van der Waals surface area contributed by atoms with Crippen LogP contribution in [0.25, 0.3) is 0 Å². The molecule has 0 aromatic carbocycles. The Bertz CT molecular complexity index is 482. The number of rotatable bonds is 3. The molecular formula is C9H11ClN6. The van der Waals surface area contributed by atoms with Gasteiger partial charge in [-0.2, -0.15) is 15.2 Å². The quantitative estimate of drug-likeness (QED) is 0.795. The first-order chi connectivity index (χ1) is 7.65. The molecule has 0 radical (unpaired) electrons. The van der Waals surface area contributed by atoms with Crippen molar-refractivity contribution < 1.29 is 0 Å². The first-order valence-corrected chi connectivity index (χ1v) is 5.07. The summed E-state index contributed by atoms with van der Waals surface area (Å²) in [5.41, 5.74) is 1.10. The number of halogens is 1. The molecule has 0 saturated carbocycles. The van der Waals surface area contributed by atoms with Gasteiger partial charge in [-0.15, -0.1) is 5.10 Å². The molecule has 0 aliphatic carbocycles. The number of hydrogen-bond donors (Lipinski definition) is 0. The number of anilines is 1. The lowest BCUT2D eigenvalue weighted by Gasteiger charge is -2.15.